The van der Waals surface area contributed by atoms with E-state index in [2.05, 4.69) is 4.98 Å². The van der Waals surface area contributed by atoms with Crippen LogP contribution >= 0.6 is 0 Å². The van der Waals surface area contributed by atoms with Gasteiger partial charge in [-0.05, 0) is 23.3 Å². The largest absolute Gasteiger partial charge is 0.326 e. The highest BCUT2D eigenvalue weighted by molar-refractivity contribution is 5.97. The Morgan fingerprint density at radius 1 is 1.00 bits per heavy atom. The second kappa shape index (κ2) is 5.37. The monoisotopic (exact) mass is 226 g/mol. The first-order chi connectivity index (χ1) is 8.29. The summed E-state index contributed by atoms with van der Waals surface area (Å²) in [7, 11) is 0. The van der Waals surface area contributed by atoms with Gasteiger partial charge < -0.3 is 5.73 Å². The van der Waals surface area contributed by atoms with Gasteiger partial charge in [0.2, 0.25) is 0 Å². The van der Waals surface area contributed by atoms with Gasteiger partial charge in [0.15, 0.2) is 5.78 Å². The molecule has 2 rings (SSSR count). The molecule has 3 heteroatoms. The Morgan fingerprint density at radius 2 is 1.65 bits per heavy atom. The summed E-state index contributed by atoms with van der Waals surface area (Å²) in [5.41, 5.74) is 8.24. The van der Waals surface area contributed by atoms with Gasteiger partial charge in [-0.3, -0.25) is 9.78 Å². The summed E-state index contributed by atoms with van der Waals surface area (Å²) in [6.45, 7) is 0.499. The number of aromatic nitrogens is 1. The van der Waals surface area contributed by atoms with Gasteiger partial charge in [-0.15, -0.1) is 0 Å². The SMILES string of the molecule is NCc1ccc(C(=O)Cc2ccncc2)cc1. The number of hydrogen-bond donors (Lipinski definition) is 1. The molecule has 0 saturated carbocycles. The molecule has 0 unspecified atom stereocenters. The smallest absolute Gasteiger partial charge is 0.167 e. The molecule has 0 fully saturated rings. The van der Waals surface area contributed by atoms with Crippen molar-refractivity contribution in [3.63, 3.8) is 0 Å². The second-order valence-corrected chi connectivity index (χ2v) is 3.86. The summed E-state index contributed by atoms with van der Waals surface area (Å²) < 4.78 is 0. The zero-order valence-corrected chi connectivity index (χ0v) is 9.47. The van der Waals surface area contributed by atoms with E-state index in [-0.39, 0.29) is 5.78 Å². The van der Waals surface area contributed by atoms with E-state index >= 15 is 0 Å². The van der Waals surface area contributed by atoms with E-state index in [0.29, 0.717) is 13.0 Å². The molecule has 2 aromatic rings. The maximum atomic E-state index is 12.0. The van der Waals surface area contributed by atoms with Crippen molar-refractivity contribution in [2.24, 2.45) is 5.73 Å². The third-order valence-corrected chi connectivity index (χ3v) is 2.63. The van der Waals surface area contributed by atoms with Crippen LogP contribution in [0, 0.1) is 0 Å². The van der Waals surface area contributed by atoms with Crippen LogP contribution in [-0.4, -0.2) is 10.8 Å². The molecule has 0 radical (unpaired) electrons. The van der Waals surface area contributed by atoms with Gasteiger partial charge in [-0.1, -0.05) is 24.3 Å². The van der Waals surface area contributed by atoms with Gasteiger partial charge in [-0.2, -0.15) is 0 Å². The van der Waals surface area contributed by atoms with Crippen LogP contribution in [0.2, 0.25) is 0 Å². The molecule has 1 aromatic heterocycles. The van der Waals surface area contributed by atoms with Crippen molar-refractivity contribution >= 4 is 5.78 Å². The highest BCUT2D eigenvalue weighted by atomic mass is 16.1. The molecule has 0 atom stereocenters. The Kier molecular flexibility index (Phi) is 3.62. The zero-order chi connectivity index (χ0) is 12.1. The number of carbonyl (C=O) groups excluding carboxylic acids is 1. The summed E-state index contributed by atoms with van der Waals surface area (Å²) in [5.74, 6) is 0.111. The van der Waals surface area contributed by atoms with Gasteiger partial charge in [0.05, 0.1) is 0 Å². The molecule has 1 aromatic carbocycles. The van der Waals surface area contributed by atoms with Crippen molar-refractivity contribution in [3.05, 3.63) is 65.5 Å². The van der Waals surface area contributed by atoms with E-state index in [9.17, 15) is 4.79 Å². The Balaban J connectivity index is 2.09. The predicted molar refractivity (Wildman–Crippen MR) is 66.6 cm³/mol. The molecule has 0 amide bonds. The summed E-state index contributed by atoms with van der Waals surface area (Å²) in [6.07, 6.45) is 3.80. The van der Waals surface area contributed by atoms with Crippen molar-refractivity contribution < 1.29 is 4.79 Å². The quantitative estimate of drug-likeness (QED) is 0.811. The van der Waals surface area contributed by atoms with Crippen LogP contribution in [0.5, 0.6) is 0 Å². The normalized spacial score (nSPS) is 10.2. The summed E-state index contributed by atoms with van der Waals surface area (Å²) >= 11 is 0. The van der Waals surface area contributed by atoms with E-state index in [1.807, 2.05) is 36.4 Å². The average molecular weight is 226 g/mol. The maximum absolute atomic E-state index is 12.0. The lowest BCUT2D eigenvalue weighted by Gasteiger charge is -2.02. The van der Waals surface area contributed by atoms with Gasteiger partial charge in [-0.25, -0.2) is 0 Å². The molecule has 86 valence electrons. The third-order valence-electron chi connectivity index (χ3n) is 2.63. The number of rotatable bonds is 4. The van der Waals surface area contributed by atoms with Gasteiger partial charge in [0.25, 0.3) is 0 Å². The van der Waals surface area contributed by atoms with E-state index in [1.54, 1.807) is 12.4 Å². The summed E-state index contributed by atoms with van der Waals surface area (Å²) in [4.78, 5) is 15.9. The standard InChI is InChI=1S/C14H14N2O/c15-10-12-1-3-13(4-2-12)14(17)9-11-5-7-16-8-6-11/h1-8H,9-10,15H2. The lowest BCUT2D eigenvalue weighted by Crippen LogP contribution is -2.04. The van der Waals surface area contributed by atoms with E-state index in [1.165, 1.54) is 0 Å². The number of carbonyl (C=O) groups is 1. The Bertz CT molecular complexity index is 491. The fraction of sp³-hybridized carbons (Fsp3) is 0.143. The molecule has 1 heterocycles. The first-order valence-electron chi connectivity index (χ1n) is 5.50. The van der Waals surface area contributed by atoms with Crippen molar-refractivity contribution in [2.75, 3.05) is 0 Å². The molecule has 0 bridgehead atoms. The number of hydrogen-bond acceptors (Lipinski definition) is 3. The Hall–Kier alpha value is -2.00. The number of Topliss-reactive ketones (excluding diaryl/α,β-unsaturated/α-hetero) is 1. The van der Waals surface area contributed by atoms with E-state index in [0.717, 1.165) is 16.7 Å². The number of benzene rings is 1. The lowest BCUT2D eigenvalue weighted by atomic mass is 10.0. The minimum absolute atomic E-state index is 0.111. The molecule has 2 N–H and O–H groups in total. The van der Waals surface area contributed by atoms with E-state index < -0.39 is 0 Å². The van der Waals surface area contributed by atoms with Crippen LogP contribution in [-0.2, 0) is 13.0 Å². The summed E-state index contributed by atoms with van der Waals surface area (Å²) in [6, 6.07) is 11.1. The van der Waals surface area contributed by atoms with Crippen LogP contribution in [0.25, 0.3) is 0 Å². The number of nitrogens with zero attached hydrogens (tertiary/aromatic N) is 1. The van der Waals surface area contributed by atoms with Gasteiger partial charge in [0.1, 0.15) is 0 Å². The molecule has 0 saturated heterocycles. The molecular weight excluding hydrogens is 212 g/mol. The molecule has 0 aliphatic heterocycles. The Morgan fingerprint density at radius 3 is 2.24 bits per heavy atom. The van der Waals surface area contributed by atoms with Crippen LogP contribution < -0.4 is 5.73 Å². The lowest BCUT2D eigenvalue weighted by molar-refractivity contribution is 0.0993. The topological polar surface area (TPSA) is 56.0 Å². The first-order valence-corrected chi connectivity index (χ1v) is 5.50. The molecule has 0 spiro atoms. The second-order valence-electron chi connectivity index (χ2n) is 3.86. The van der Waals surface area contributed by atoms with Crippen molar-refractivity contribution in [1.29, 1.82) is 0 Å². The van der Waals surface area contributed by atoms with Crippen molar-refractivity contribution in [3.8, 4) is 0 Å². The van der Waals surface area contributed by atoms with Crippen molar-refractivity contribution in [2.45, 2.75) is 13.0 Å². The highest BCUT2D eigenvalue weighted by Gasteiger charge is 2.06. The van der Waals surface area contributed by atoms with Crippen LogP contribution in [0.15, 0.2) is 48.8 Å². The number of ketones is 1. The minimum atomic E-state index is 0.111. The molecule has 0 aliphatic rings. The minimum Gasteiger partial charge on any atom is -0.326 e. The molecule has 17 heavy (non-hydrogen) atoms. The highest BCUT2D eigenvalue weighted by Crippen LogP contribution is 2.08. The van der Waals surface area contributed by atoms with Crippen molar-refractivity contribution in [1.82, 2.24) is 4.98 Å². The average Bonchev–Trinajstić information content (AvgIpc) is 2.40. The summed E-state index contributed by atoms with van der Waals surface area (Å²) in [5, 5.41) is 0. The van der Waals surface area contributed by atoms with Crippen LogP contribution in [0.3, 0.4) is 0 Å². The van der Waals surface area contributed by atoms with Crippen LogP contribution in [0.1, 0.15) is 21.5 Å². The fourth-order valence-electron chi connectivity index (χ4n) is 1.61. The zero-order valence-electron chi connectivity index (χ0n) is 9.47. The third kappa shape index (κ3) is 2.98. The molecular formula is C14H14N2O. The van der Waals surface area contributed by atoms with Gasteiger partial charge in [0, 0.05) is 30.9 Å². The number of nitrogens with two attached hydrogens (primary N) is 1. The first kappa shape index (κ1) is 11.5. The van der Waals surface area contributed by atoms with Crippen LogP contribution in [0.4, 0.5) is 0 Å². The van der Waals surface area contributed by atoms with E-state index in [4.69, 9.17) is 5.73 Å². The molecule has 0 aliphatic carbocycles. The Labute approximate surface area is 100 Å². The predicted octanol–water partition coefficient (Wildman–Crippen LogP) is 1.97. The van der Waals surface area contributed by atoms with Gasteiger partial charge >= 0.3 is 0 Å². The number of pyridine rings is 1. The maximum Gasteiger partial charge on any atom is 0.167 e. The molecule has 3 nitrogen and oxygen atoms in total. The fourth-order valence-corrected chi connectivity index (χ4v) is 1.61.